The minimum atomic E-state index is -0.0197. The van der Waals surface area contributed by atoms with Gasteiger partial charge >= 0.3 is 0 Å². The van der Waals surface area contributed by atoms with Crippen molar-refractivity contribution in [2.75, 3.05) is 52.9 Å². The summed E-state index contributed by atoms with van der Waals surface area (Å²) in [6.07, 6.45) is 2.19. The molecule has 2 fully saturated rings. The van der Waals surface area contributed by atoms with Gasteiger partial charge in [-0.1, -0.05) is 35.4 Å². The maximum absolute atomic E-state index is 12.5. The van der Waals surface area contributed by atoms with Gasteiger partial charge in [-0.05, 0) is 64.5 Å². The van der Waals surface area contributed by atoms with Gasteiger partial charge in [0.15, 0.2) is 0 Å². The number of ether oxygens (including phenoxy) is 1. The van der Waals surface area contributed by atoms with E-state index in [0.717, 1.165) is 50.1 Å². The van der Waals surface area contributed by atoms with Crippen LogP contribution in [0.15, 0.2) is 48.5 Å². The highest BCUT2D eigenvalue weighted by Crippen LogP contribution is 2.31. The van der Waals surface area contributed by atoms with Gasteiger partial charge in [-0.25, -0.2) is 0 Å². The summed E-state index contributed by atoms with van der Waals surface area (Å²) < 4.78 is 6.25. The predicted octanol–water partition coefficient (Wildman–Crippen LogP) is 2.87. The van der Waals surface area contributed by atoms with E-state index in [9.17, 15) is 9.59 Å². The molecule has 2 aliphatic rings. The molecule has 2 aliphatic heterocycles. The Bertz CT molecular complexity index is 1030. The molecule has 0 spiro atoms. The molecule has 2 aromatic carbocycles. The number of hydrogen-bond donors (Lipinski definition) is 2. The van der Waals surface area contributed by atoms with Crippen LogP contribution in [0.3, 0.4) is 0 Å². The molecule has 0 aromatic heterocycles. The zero-order chi connectivity index (χ0) is 25.5. The molecule has 0 bridgehead atoms. The SMILES string of the molecule is Cc1ccc(C(=O)NCCC2C(C3CN(CCNC(=O)c4cccc(C)c4)CCO3)CCN2C)cc1. The molecule has 3 unspecified atom stereocenters. The number of morpholine rings is 1. The summed E-state index contributed by atoms with van der Waals surface area (Å²) in [5.41, 5.74) is 3.65. The molecule has 0 saturated carbocycles. The van der Waals surface area contributed by atoms with Crippen LogP contribution in [0.25, 0.3) is 0 Å². The van der Waals surface area contributed by atoms with Crippen molar-refractivity contribution in [1.82, 2.24) is 20.4 Å². The van der Waals surface area contributed by atoms with Crippen LogP contribution in [-0.2, 0) is 4.74 Å². The Morgan fingerprint density at radius 3 is 2.47 bits per heavy atom. The first kappa shape index (κ1) is 26.3. The molecule has 2 N–H and O–H groups in total. The number of likely N-dealkylation sites (tertiary alicyclic amines) is 1. The third-order valence-electron chi connectivity index (χ3n) is 7.56. The Hall–Kier alpha value is -2.74. The summed E-state index contributed by atoms with van der Waals surface area (Å²) in [5.74, 6) is 0.407. The normalized spacial score (nSPS) is 22.9. The minimum absolute atomic E-state index is 0.0139. The van der Waals surface area contributed by atoms with Crippen molar-refractivity contribution in [3.63, 3.8) is 0 Å². The van der Waals surface area contributed by atoms with Crippen LogP contribution in [0.5, 0.6) is 0 Å². The van der Waals surface area contributed by atoms with Gasteiger partial charge in [0.05, 0.1) is 12.7 Å². The fourth-order valence-electron chi connectivity index (χ4n) is 5.46. The fourth-order valence-corrected chi connectivity index (χ4v) is 5.46. The van der Waals surface area contributed by atoms with E-state index in [1.165, 1.54) is 0 Å². The van der Waals surface area contributed by atoms with Crippen molar-refractivity contribution >= 4 is 11.8 Å². The molecule has 2 amide bonds. The summed E-state index contributed by atoms with van der Waals surface area (Å²) >= 11 is 0. The third-order valence-corrected chi connectivity index (χ3v) is 7.56. The van der Waals surface area contributed by atoms with Gasteiger partial charge in [-0.15, -0.1) is 0 Å². The van der Waals surface area contributed by atoms with E-state index < -0.39 is 0 Å². The van der Waals surface area contributed by atoms with Crippen molar-refractivity contribution < 1.29 is 14.3 Å². The quantitative estimate of drug-likeness (QED) is 0.563. The first-order valence-corrected chi connectivity index (χ1v) is 13.1. The van der Waals surface area contributed by atoms with Crippen molar-refractivity contribution in [2.45, 2.75) is 38.8 Å². The summed E-state index contributed by atoms with van der Waals surface area (Å²) in [7, 11) is 2.17. The van der Waals surface area contributed by atoms with Gasteiger partial charge < -0.3 is 20.3 Å². The summed E-state index contributed by atoms with van der Waals surface area (Å²) in [4.78, 5) is 29.8. The number of nitrogens with zero attached hydrogens (tertiary/aromatic N) is 2. The molecule has 7 heteroatoms. The number of benzene rings is 2. The smallest absolute Gasteiger partial charge is 0.251 e. The van der Waals surface area contributed by atoms with Crippen LogP contribution in [-0.4, -0.2) is 86.7 Å². The molecule has 3 atom stereocenters. The van der Waals surface area contributed by atoms with E-state index in [1.807, 2.05) is 62.4 Å². The van der Waals surface area contributed by atoms with Gasteiger partial charge in [0.2, 0.25) is 0 Å². The fraction of sp³-hybridized carbons (Fsp3) is 0.517. The van der Waals surface area contributed by atoms with Crippen LogP contribution in [0, 0.1) is 19.8 Å². The molecular weight excluding hydrogens is 452 g/mol. The first-order chi connectivity index (χ1) is 17.4. The molecule has 2 saturated heterocycles. The van der Waals surface area contributed by atoms with Gasteiger partial charge in [0.1, 0.15) is 0 Å². The number of nitrogens with one attached hydrogen (secondary N) is 2. The van der Waals surface area contributed by atoms with Crippen LogP contribution in [0.2, 0.25) is 0 Å². The second-order valence-corrected chi connectivity index (χ2v) is 10.2. The molecule has 4 rings (SSSR count). The monoisotopic (exact) mass is 492 g/mol. The van der Waals surface area contributed by atoms with Crippen LogP contribution >= 0.6 is 0 Å². The second-order valence-electron chi connectivity index (χ2n) is 10.2. The summed E-state index contributed by atoms with van der Waals surface area (Å²) in [6.45, 7) is 9.64. The van der Waals surface area contributed by atoms with E-state index in [1.54, 1.807) is 0 Å². The number of rotatable bonds is 9. The number of aryl methyl sites for hydroxylation is 2. The highest BCUT2D eigenvalue weighted by molar-refractivity contribution is 5.94. The number of hydrogen-bond acceptors (Lipinski definition) is 5. The molecule has 0 aliphatic carbocycles. The predicted molar refractivity (Wildman–Crippen MR) is 142 cm³/mol. The largest absolute Gasteiger partial charge is 0.375 e. The lowest BCUT2D eigenvalue weighted by Crippen LogP contribution is -2.50. The van der Waals surface area contributed by atoms with Gasteiger partial charge in [0, 0.05) is 55.8 Å². The lowest BCUT2D eigenvalue weighted by molar-refractivity contribution is -0.0632. The first-order valence-electron chi connectivity index (χ1n) is 13.1. The summed E-state index contributed by atoms with van der Waals surface area (Å²) in [6, 6.07) is 15.8. The molecule has 36 heavy (non-hydrogen) atoms. The van der Waals surface area contributed by atoms with E-state index in [2.05, 4.69) is 27.5 Å². The van der Waals surface area contributed by atoms with E-state index in [0.29, 0.717) is 42.8 Å². The Labute approximate surface area is 215 Å². The number of carbonyl (C=O) groups is 2. The van der Waals surface area contributed by atoms with Crippen molar-refractivity contribution in [1.29, 1.82) is 0 Å². The Kier molecular flexibility index (Phi) is 9.13. The molecular formula is C29H40N4O3. The van der Waals surface area contributed by atoms with E-state index in [-0.39, 0.29) is 17.9 Å². The molecule has 7 nitrogen and oxygen atoms in total. The van der Waals surface area contributed by atoms with Gasteiger partial charge in [-0.2, -0.15) is 0 Å². The Balaban J connectivity index is 1.23. The topological polar surface area (TPSA) is 73.9 Å². The van der Waals surface area contributed by atoms with Crippen molar-refractivity contribution in [3.05, 3.63) is 70.8 Å². The van der Waals surface area contributed by atoms with Gasteiger partial charge in [-0.3, -0.25) is 14.5 Å². The van der Waals surface area contributed by atoms with Crippen LogP contribution < -0.4 is 10.6 Å². The van der Waals surface area contributed by atoms with Crippen LogP contribution in [0.1, 0.15) is 44.7 Å². The van der Waals surface area contributed by atoms with Crippen molar-refractivity contribution in [3.8, 4) is 0 Å². The Morgan fingerprint density at radius 1 is 0.944 bits per heavy atom. The highest BCUT2D eigenvalue weighted by Gasteiger charge is 2.39. The standard InChI is InChI=1S/C29H40N4O3/c1-21-7-9-23(10-8-21)28(34)30-13-11-26-25(12-15-32(26)3)27-20-33(17-18-36-27)16-14-31-29(35)24-6-4-5-22(2)19-24/h4-10,19,25-27H,11-18,20H2,1-3H3,(H,30,34)(H,31,35). The van der Waals surface area contributed by atoms with Crippen molar-refractivity contribution in [2.24, 2.45) is 5.92 Å². The zero-order valence-electron chi connectivity index (χ0n) is 21.8. The number of carbonyl (C=O) groups excluding carboxylic acids is 2. The van der Waals surface area contributed by atoms with E-state index in [4.69, 9.17) is 4.74 Å². The highest BCUT2D eigenvalue weighted by atomic mass is 16.5. The average molecular weight is 493 g/mol. The maximum atomic E-state index is 12.5. The third kappa shape index (κ3) is 6.93. The summed E-state index contributed by atoms with van der Waals surface area (Å²) in [5, 5.41) is 6.16. The molecule has 2 aromatic rings. The van der Waals surface area contributed by atoms with Gasteiger partial charge in [0.25, 0.3) is 11.8 Å². The van der Waals surface area contributed by atoms with Crippen LogP contribution in [0.4, 0.5) is 0 Å². The van der Waals surface area contributed by atoms with E-state index >= 15 is 0 Å². The molecule has 2 heterocycles. The average Bonchev–Trinajstić information content (AvgIpc) is 3.24. The minimum Gasteiger partial charge on any atom is -0.375 e. The lowest BCUT2D eigenvalue weighted by Gasteiger charge is -2.38. The second kappa shape index (κ2) is 12.5. The molecule has 0 radical (unpaired) electrons. The maximum Gasteiger partial charge on any atom is 0.251 e. The number of amides is 2. The molecule has 194 valence electrons. The lowest BCUT2D eigenvalue weighted by atomic mass is 9.90. The Morgan fingerprint density at radius 2 is 1.69 bits per heavy atom. The zero-order valence-corrected chi connectivity index (χ0v) is 21.8.